The number of carbonyl (C=O) groups is 2. The molecule has 6 heteroatoms. The number of hydrogen-bond donors (Lipinski definition) is 3. The molecule has 2 atom stereocenters. The van der Waals surface area contributed by atoms with Crippen LogP contribution in [0.15, 0.2) is 0 Å². The van der Waals surface area contributed by atoms with E-state index in [-0.39, 0.29) is 18.5 Å². The third kappa shape index (κ3) is 81.7. The van der Waals surface area contributed by atoms with Crippen molar-refractivity contribution in [2.45, 2.75) is 546 Å². The van der Waals surface area contributed by atoms with Crippen LogP contribution in [0.3, 0.4) is 0 Å². The number of unbranched alkanes of at least 4 members (excludes halogenated alkanes) is 75. The molecule has 0 aliphatic carbocycles. The summed E-state index contributed by atoms with van der Waals surface area (Å²) in [7, 11) is 0. The number of aliphatic hydroxyl groups is 2. The van der Waals surface area contributed by atoms with Crippen molar-refractivity contribution in [1.29, 1.82) is 0 Å². The topological polar surface area (TPSA) is 95.9 Å². The fourth-order valence-electron chi connectivity index (χ4n) is 14.9. The van der Waals surface area contributed by atoms with Crippen LogP contribution in [0.1, 0.15) is 534 Å². The second-order valence-electron chi connectivity index (χ2n) is 31.3. The average molecular weight is 1340 g/mol. The van der Waals surface area contributed by atoms with Crippen molar-refractivity contribution in [2.24, 2.45) is 0 Å². The lowest BCUT2D eigenvalue weighted by atomic mass is 10.0. The summed E-state index contributed by atoms with van der Waals surface area (Å²) in [6.45, 7) is 5.03. The summed E-state index contributed by atoms with van der Waals surface area (Å²) in [6, 6.07) is -0.537. The summed E-state index contributed by atoms with van der Waals surface area (Å²) < 4.78 is 5.51. The molecule has 0 spiro atoms. The van der Waals surface area contributed by atoms with E-state index in [1.54, 1.807) is 0 Å². The van der Waals surface area contributed by atoms with E-state index in [2.05, 4.69) is 19.2 Å². The molecule has 6 nitrogen and oxygen atoms in total. The Bertz CT molecular complexity index is 1410. The summed E-state index contributed by atoms with van der Waals surface area (Å²) in [4.78, 5) is 24.7. The lowest BCUT2D eigenvalue weighted by molar-refractivity contribution is -0.143. The Labute approximate surface area is 597 Å². The molecule has 0 rings (SSSR count). The molecule has 0 saturated heterocycles. The highest BCUT2D eigenvalue weighted by atomic mass is 16.5. The molecule has 0 aromatic rings. The zero-order valence-corrected chi connectivity index (χ0v) is 65.5. The summed E-state index contributed by atoms with van der Waals surface area (Å²) in [5.41, 5.74) is 0. The first-order valence-corrected chi connectivity index (χ1v) is 44.8. The number of rotatable bonds is 86. The maximum atomic E-state index is 12.6. The molecule has 1 amide bonds. The van der Waals surface area contributed by atoms with Crippen molar-refractivity contribution in [3.63, 3.8) is 0 Å². The van der Waals surface area contributed by atoms with E-state index in [1.165, 1.54) is 462 Å². The van der Waals surface area contributed by atoms with Crippen molar-refractivity contribution in [3.8, 4) is 0 Å². The van der Waals surface area contributed by atoms with Crippen LogP contribution in [0.4, 0.5) is 0 Å². The lowest BCUT2D eigenvalue weighted by Crippen LogP contribution is -2.45. The Hall–Kier alpha value is -1.14. The van der Waals surface area contributed by atoms with Crippen LogP contribution in [0, 0.1) is 0 Å². The van der Waals surface area contributed by atoms with Gasteiger partial charge in [0, 0.05) is 12.8 Å². The maximum Gasteiger partial charge on any atom is 0.305 e. The number of aliphatic hydroxyl groups excluding tert-OH is 2. The molecular weight excluding hydrogens is 1160 g/mol. The van der Waals surface area contributed by atoms with Crippen LogP contribution >= 0.6 is 0 Å². The van der Waals surface area contributed by atoms with Crippen molar-refractivity contribution in [2.75, 3.05) is 13.2 Å². The van der Waals surface area contributed by atoms with Gasteiger partial charge in [0.1, 0.15) is 0 Å². The Kier molecular flexibility index (Phi) is 84.2. The SMILES string of the molecule is CCCCCCCCCCCCCCCCCCCCCCCCCCC(O)C(CO)NC(=O)CCCCCCCCCCCCCCCCCCCCCCCCCCCCCCCCCCCCCCCCCOC(=O)CCCCCCCCCCCCCCCCC. The molecule has 0 heterocycles. The van der Waals surface area contributed by atoms with E-state index in [4.69, 9.17) is 4.74 Å². The van der Waals surface area contributed by atoms with Crippen molar-refractivity contribution >= 4 is 11.9 Å². The number of hydrogen-bond acceptors (Lipinski definition) is 5. The van der Waals surface area contributed by atoms with E-state index < -0.39 is 12.1 Å². The molecule has 0 bridgehead atoms. The van der Waals surface area contributed by atoms with Gasteiger partial charge in [0.2, 0.25) is 5.91 Å². The van der Waals surface area contributed by atoms with E-state index in [0.717, 1.165) is 38.5 Å². The predicted molar refractivity (Wildman–Crippen MR) is 421 cm³/mol. The van der Waals surface area contributed by atoms with E-state index in [0.29, 0.717) is 25.9 Å². The minimum Gasteiger partial charge on any atom is -0.466 e. The van der Waals surface area contributed by atoms with Gasteiger partial charge in [-0.25, -0.2) is 0 Å². The van der Waals surface area contributed by atoms with Crippen LogP contribution < -0.4 is 5.32 Å². The first kappa shape index (κ1) is 93.9. The highest BCUT2D eigenvalue weighted by Crippen LogP contribution is 2.22. The standard InChI is InChI=1S/C89H177NO5/c1-3-5-7-9-11-13-15-17-19-20-21-22-23-41-44-47-50-54-57-61-65-69-73-77-81-87(92)86(85-91)90-88(93)82-78-74-70-66-62-58-55-51-48-45-42-39-37-35-33-31-29-27-25-24-26-28-30-32-34-36-38-40-43-46-49-52-56-60-64-68-72-76-80-84-95-89(94)83-79-75-71-67-63-59-53-18-16-14-12-10-8-6-4-2/h86-87,91-92H,3-85H2,1-2H3,(H,90,93). The third-order valence-electron chi connectivity index (χ3n) is 21.7. The van der Waals surface area contributed by atoms with Crippen LogP contribution in [-0.4, -0.2) is 47.4 Å². The zero-order chi connectivity index (χ0) is 68.4. The highest BCUT2D eigenvalue weighted by Gasteiger charge is 2.20. The summed E-state index contributed by atoms with van der Waals surface area (Å²) in [6.07, 6.45) is 108. The van der Waals surface area contributed by atoms with Crippen molar-refractivity contribution in [3.05, 3.63) is 0 Å². The summed E-state index contributed by atoms with van der Waals surface area (Å²) >= 11 is 0. The van der Waals surface area contributed by atoms with Crippen LogP contribution in [0.2, 0.25) is 0 Å². The fourth-order valence-corrected chi connectivity index (χ4v) is 14.9. The second kappa shape index (κ2) is 85.3. The Morgan fingerprint density at radius 1 is 0.253 bits per heavy atom. The van der Waals surface area contributed by atoms with Gasteiger partial charge in [-0.15, -0.1) is 0 Å². The Morgan fingerprint density at radius 2 is 0.432 bits per heavy atom. The Balaban J connectivity index is 3.29. The minimum absolute atomic E-state index is 0.0217. The first-order chi connectivity index (χ1) is 47.0. The normalized spacial score (nSPS) is 12.3. The molecule has 0 fully saturated rings. The largest absolute Gasteiger partial charge is 0.466 e. The van der Waals surface area contributed by atoms with Gasteiger partial charge in [-0.1, -0.05) is 495 Å². The van der Waals surface area contributed by atoms with Gasteiger partial charge in [-0.05, 0) is 25.7 Å². The summed E-state index contributed by atoms with van der Waals surface area (Å²) in [5.74, 6) is 0.00699. The van der Waals surface area contributed by atoms with Gasteiger partial charge in [0.15, 0.2) is 0 Å². The van der Waals surface area contributed by atoms with E-state index >= 15 is 0 Å². The monoisotopic (exact) mass is 1340 g/mol. The number of ether oxygens (including phenoxy) is 1. The Morgan fingerprint density at radius 3 is 0.642 bits per heavy atom. The molecule has 568 valence electrons. The van der Waals surface area contributed by atoms with Crippen LogP contribution in [0.5, 0.6) is 0 Å². The molecule has 0 aromatic heterocycles. The van der Waals surface area contributed by atoms with Gasteiger partial charge in [0.25, 0.3) is 0 Å². The molecule has 0 aliphatic rings. The van der Waals surface area contributed by atoms with Gasteiger partial charge in [-0.3, -0.25) is 9.59 Å². The zero-order valence-electron chi connectivity index (χ0n) is 65.5. The van der Waals surface area contributed by atoms with E-state index in [9.17, 15) is 19.8 Å². The minimum atomic E-state index is -0.661. The number of carbonyl (C=O) groups excluding carboxylic acids is 2. The highest BCUT2D eigenvalue weighted by molar-refractivity contribution is 5.76. The second-order valence-corrected chi connectivity index (χ2v) is 31.3. The van der Waals surface area contributed by atoms with Gasteiger partial charge in [-0.2, -0.15) is 0 Å². The molecule has 0 aliphatic heterocycles. The van der Waals surface area contributed by atoms with Crippen LogP contribution in [0.25, 0.3) is 0 Å². The molecule has 0 saturated carbocycles. The first-order valence-electron chi connectivity index (χ1n) is 44.8. The summed E-state index contributed by atoms with van der Waals surface area (Å²) in [5, 5.41) is 23.5. The van der Waals surface area contributed by atoms with Crippen molar-refractivity contribution in [1.82, 2.24) is 5.32 Å². The molecule has 0 radical (unpaired) electrons. The smallest absolute Gasteiger partial charge is 0.305 e. The van der Waals surface area contributed by atoms with Gasteiger partial charge < -0.3 is 20.3 Å². The molecule has 3 N–H and O–H groups in total. The third-order valence-corrected chi connectivity index (χ3v) is 21.7. The predicted octanol–water partition coefficient (Wildman–Crippen LogP) is 30.0. The quantitative estimate of drug-likeness (QED) is 0.0417. The lowest BCUT2D eigenvalue weighted by Gasteiger charge is -2.22. The van der Waals surface area contributed by atoms with Crippen LogP contribution in [-0.2, 0) is 14.3 Å². The molecular formula is C89H177NO5. The van der Waals surface area contributed by atoms with Gasteiger partial charge in [0.05, 0.1) is 25.4 Å². The molecule has 95 heavy (non-hydrogen) atoms. The number of amides is 1. The average Bonchev–Trinajstić information content (AvgIpc) is 3.06. The number of esters is 1. The van der Waals surface area contributed by atoms with Gasteiger partial charge >= 0.3 is 5.97 Å². The fraction of sp³-hybridized carbons (Fsp3) is 0.978. The molecule has 0 aromatic carbocycles. The van der Waals surface area contributed by atoms with Crippen molar-refractivity contribution < 1.29 is 24.5 Å². The molecule has 2 unspecified atom stereocenters. The van der Waals surface area contributed by atoms with E-state index in [1.807, 2.05) is 0 Å². The maximum absolute atomic E-state index is 12.6. The number of nitrogens with one attached hydrogen (secondary N) is 1.